The van der Waals surface area contributed by atoms with Crippen molar-refractivity contribution in [1.82, 2.24) is 5.32 Å². The Morgan fingerprint density at radius 3 is 2.38 bits per heavy atom. The molecule has 0 spiro atoms. The van der Waals surface area contributed by atoms with E-state index in [1.54, 1.807) is 0 Å². The highest BCUT2D eigenvalue weighted by molar-refractivity contribution is 5.79. The zero-order chi connectivity index (χ0) is 16.3. The van der Waals surface area contributed by atoms with Crippen molar-refractivity contribution >= 4 is 5.97 Å². The van der Waals surface area contributed by atoms with Gasteiger partial charge in [-0.1, -0.05) is 18.2 Å². The number of aliphatic carboxylic acids is 1. The summed E-state index contributed by atoms with van der Waals surface area (Å²) in [6.07, 6.45) is -5.06. The minimum Gasteiger partial charge on any atom is -0.480 e. The lowest BCUT2D eigenvalue weighted by molar-refractivity contribution is -0.206. The molecule has 2 N–H and O–H groups in total. The molecule has 0 aliphatic heterocycles. The summed E-state index contributed by atoms with van der Waals surface area (Å²) in [6, 6.07) is 5.17. The SMILES string of the molecule is CC(NCc1ccccc1OC(F)F)(C(=O)O)C(F)(F)F. The van der Waals surface area contributed by atoms with E-state index in [1.165, 1.54) is 18.2 Å². The van der Waals surface area contributed by atoms with E-state index in [0.717, 1.165) is 6.07 Å². The summed E-state index contributed by atoms with van der Waals surface area (Å²) in [7, 11) is 0. The molecule has 0 aliphatic rings. The van der Waals surface area contributed by atoms with Gasteiger partial charge < -0.3 is 9.84 Å². The second-order valence-corrected chi connectivity index (χ2v) is 4.27. The monoisotopic (exact) mass is 313 g/mol. The van der Waals surface area contributed by atoms with E-state index in [-0.39, 0.29) is 11.3 Å². The molecule has 0 saturated heterocycles. The minimum absolute atomic E-state index is 0.0190. The zero-order valence-electron chi connectivity index (χ0n) is 10.7. The quantitative estimate of drug-likeness (QED) is 0.793. The van der Waals surface area contributed by atoms with Crippen molar-refractivity contribution in [2.45, 2.75) is 31.8 Å². The summed E-state index contributed by atoms with van der Waals surface area (Å²) >= 11 is 0. The van der Waals surface area contributed by atoms with Crippen molar-refractivity contribution in [2.24, 2.45) is 0 Å². The predicted molar refractivity (Wildman–Crippen MR) is 62.0 cm³/mol. The summed E-state index contributed by atoms with van der Waals surface area (Å²) in [5.74, 6) is -2.45. The van der Waals surface area contributed by atoms with Crippen molar-refractivity contribution in [3.8, 4) is 5.75 Å². The van der Waals surface area contributed by atoms with Crippen LogP contribution in [0.5, 0.6) is 5.75 Å². The molecule has 0 bridgehead atoms. The third-order valence-corrected chi connectivity index (χ3v) is 2.82. The Bertz CT molecular complexity index is 506. The Hall–Kier alpha value is -1.90. The lowest BCUT2D eigenvalue weighted by Gasteiger charge is -2.29. The second-order valence-electron chi connectivity index (χ2n) is 4.27. The van der Waals surface area contributed by atoms with Gasteiger partial charge in [0.2, 0.25) is 5.54 Å². The molecular formula is C12H12F5NO3. The van der Waals surface area contributed by atoms with E-state index in [1.807, 2.05) is 5.32 Å². The molecule has 21 heavy (non-hydrogen) atoms. The van der Waals surface area contributed by atoms with Crippen molar-refractivity contribution in [3.05, 3.63) is 29.8 Å². The Morgan fingerprint density at radius 2 is 1.90 bits per heavy atom. The normalized spacial score (nSPS) is 14.8. The summed E-state index contributed by atoms with van der Waals surface area (Å²) in [6.45, 7) is -3.29. The zero-order valence-corrected chi connectivity index (χ0v) is 10.7. The number of carboxylic acids is 1. The third-order valence-electron chi connectivity index (χ3n) is 2.82. The standard InChI is InChI=1S/C12H12F5NO3/c1-11(9(19)20,12(15,16)17)18-6-7-4-2-3-5-8(7)21-10(13)14/h2-5,10,18H,6H2,1H3,(H,19,20). The average molecular weight is 313 g/mol. The molecular weight excluding hydrogens is 301 g/mol. The average Bonchev–Trinajstić information content (AvgIpc) is 2.35. The van der Waals surface area contributed by atoms with Crippen LogP contribution >= 0.6 is 0 Å². The largest absolute Gasteiger partial charge is 0.480 e. The maximum atomic E-state index is 12.8. The van der Waals surface area contributed by atoms with Gasteiger partial charge in [0.25, 0.3) is 0 Å². The van der Waals surface area contributed by atoms with Crippen LogP contribution in [0.2, 0.25) is 0 Å². The van der Waals surface area contributed by atoms with E-state index in [0.29, 0.717) is 6.92 Å². The number of carbonyl (C=O) groups is 1. The first-order valence-electron chi connectivity index (χ1n) is 5.66. The first-order chi connectivity index (χ1) is 9.58. The number of benzene rings is 1. The number of nitrogens with one attached hydrogen (secondary N) is 1. The summed E-state index contributed by atoms with van der Waals surface area (Å²) < 4.78 is 66.8. The van der Waals surface area contributed by atoms with Crippen molar-refractivity contribution < 1.29 is 36.6 Å². The minimum atomic E-state index is -5.06. The van der Waals surface area contributed by atoms with E-state index >= 15 is 0 Å². The third kappa shape index (κ3) is 4.03. The first-order valence-corrected chi connectivity index (χ1v) is 5.66. The molecule has 0 aromatic heterocycles. The number of hydrogen-bond donors (Lipinski definition) is 2. The van der Waals surface area contributed by atoms with E-state index in [9.17, 15) is 26.7 Å². The fourth-order valence-electron chi connectivity index (χ4n) is 1.43. The van der Waals surface area contributed by atoms with Gasteiger partial charge in [-0.3, -0.25) is 5.32 Å². The number of carboxylic acid groups (broad SMARTS) is 1. The van der Waals surface area contributed by atoms with Crippen molar-refractivity contribution in [2.75, 3.05) is 0 Å². The van der Waals surface area contributed by atoms with Crippen LogP contribution in [0.3, 0.4) is 0 Å². The van der Waals surface area contributed by atoms with E-state index in [2.05, 4.69) is 4.74 Å². The molecule has 1 atom stereocenters. The number of ether oxygens (including phenoxy) is 1. The number of hydrogen-bond acceptors (Lipinski definition) is 3. The van der Waals surface area contributed by atoms with Gasteiger partial charge in [-0.25, -0.2) is 4.79 Å². The van der Waals surface area contributed by atoms with Crippen molar-refractivity contribution in [1.29, 1.82) is 0 Å². The number of para-hydroxylation sites is 1. The molecule has 1 aromatic rings. The Morgan fingerprint density at radius 1 is 1.33 bits per heavy atom. The molecule has 1 aromatic carbocycles. The van der Waals surface area contributed by atoms with Crippen LogP contribution in [0, 0.1) is 0 Å². The Balaban J connectivity index is 2.94. The molecule has 4 nitrogen and oxygen atoms in total. The van der Waals surface area contributed by atoms with Gasteiger partial charge in [-0.15, -0.1) is 0 Å². The molecule has 1 rings (SSSR count). The lowest BCUT2D eigenvalue weighted by Crippen LogP contribution is -2.59. The number of halogens is 5. The van der Waals surface area contributed by atoms with Crippen LogP contribution in [0.4, 0.5) is 22.0 Å². The molecule has 0 amide bonds. The number of rotatable bonds is 6. The highest BCUT2D eigenvalue weighted by atomic mass is 19.4. The fourth-order valence-corrected chi connectivity index (χ4v) is 1.43. The van der Waals surface area contributed by atoms with Crippen LogP contribution in [0.1, 0.15) is 12.5 Å². The maximum Gasteiger partial charge on any atom is 0.417 e. The number of alkyl halides is 5. The molecule has 0 heterocycles. The van der Waals surface area contributed by atoms with Crippen molar-refractivity contribution in [3.63, 3.8) is 0 Å². The van der Waals surface area contributed by atoms with E-state index < -0.39 is 30.8 Å². The molecule has 1 unspecified atom stereocenters. The lowest BCUT2D eigenvalue weighted by atomic mass is 10.0. The highest BCUT2D eigenvalue weighted by Crippen LogP contribution is 2.31. The van der Waals surface area contributed by atoms with Crippen LogP contribution in [0.25, 0.3) is 0 Å². The highest BCUT2D eigenvalue weighted by Gasteiger charge is 2.57. The van der Waals surface area contributed by atoms with Crippen LogP contribution in [0.15, 0.2) is 24.3 Å². The predicted octanol–water partition coefficient (Wildman–Crippen LogP) is 2.78. The fraction of sp³-hybridized carbons (Fsp3) is 0.417. The molecule has 0 aliphatic carbocycles. The molecule has 0 radical (unpaired) electrons. The summed E-state index contributed by atoms with van der Waals surface area (Å²) in [5.41, 5.74) is -3.22. The molecule has 9 heteroatoms. The topological polar surface area (TPSA) is 58.6 Å². The summed E-state index contributed by atoms with van der Waals surface area (Å²) in [5, 5.41) is 10.5. The smallest absolute Gasteiger partial charge is 0.417 e. The molecule has 0 fully saturated rings. The Labute approximate surface area is 116 Å². The Kier molecular flexibility index (Phi) is 5.10. The van der Waals surface area contributed by atoms with Gasteiger partial charge >= 0.3 is 18.8 Å². The van der Waals surface area contributed by atoms with Gasteiger partial charge in [0, 0.05) is 12.1 Å². The van der Waals surface area contributed by atoms with Crippen LogP contribution in [-0.2, 0) is 11.3 Å². The van der Waals surface area contributed by atoms with Gasteiger partial charge in [0.15, 0.2) is 0 Å². The second kappa shape index (κ2) is 6.25. The van der Waals surface area contributed by atoms with Crippen LogP contribution < -0.4 is 10.1 Å². The molecule has 118 valence electrons. The van der Waals surface area contributed by atoms with Gasteiger partial charge in [-0.05, 0) is 13.0 Å². The summed E-state index contributed by atoms with van der Waals surface area (Å²) in [4.78, 5) is 10.8. The van der Waals surface area contributed by atoms with Crippen LogP contribution in [-0.4, -0.2) is 29.4 Å². The van der Waals surface area contributed by atoms with E-state index in [4.69, 9.17) is 5.11 Å². The first kappa shape index (κ1) is 17.2. The molecule has 0 saturated carbocycles. The maximum absolute atomic E-state index is 12.8. The van der Waals surface area contributed by atoms with Gasteiger partial charge in [0.1, 0.15) is 5.75 Å². The van der Waals surface area contributed by atoms with Gasteiger partial charge in [0.05, 0.1) is 0 Å². The van der Waals surface area contributed by atoms with Gasteiger partial charge in [-0.2, -0.15) is 22.0 Å².